The molecule has 8 heteroatoms. The highest BCUT2D eigenvalue weighted by Gasteiger charge is 2.34. The summed E-state index contributed by atoms with van der Waals surface area (Å²) in [4.78, 5) is 13.5. The van der Waals surface area contributed by atoms with Crippen LogP contribution in [0.4, 0.5) is 24.7 Å². The zero-order valence-corrected chi connectivity index (χ0v) is 9.91. The Kier molecular flexibility index (Phi) is 3.59. The van der Waals surface area contributed by atoms with Crippen LogP contribution < -0.4 is 5.32 Å². The molecule has 1 fully saturated rings. The minimum Gasteiger partial charge on any atom is -0.362 e. The van der Waals surface area contributed by atoms with Gasteiger partial charge >= 0.3 is 11.9 Å². The quantitative estimate of drug-likeness (QED) is 0.678. The summed E-state index contributed by atoms with van der Waals surface area (Å²) in [5.41, 5.74) is -1.75. The van der Waals surface area contributed by atoms with Gasteiger partial charge in [0.15, 0.2) is 0 Å². The monoisotopic (exact) mass is 275 g/mol. The van der Waals surface area contributed by atoms with E-state index < -0.39 is 22.4 Å². The molecule has 0 amide bonds. The van der Waals surface area contributed by atoms with Crippen molar-refractivity contribution in [2.24, 2.45) is 0 Å². The second-order valence-electron chi connectivity index (χ2n) is 4.47. The van der Waals surface area contributed by atoms with E-state index in [0.717, 1.165) is 25.7 Å². The van der Waals surface area contributed by atoms with E-state index in [-0.39, 0.29) is 11.9 Å². The fourth-order valence-corrected chi connectivity index (χ4v) is 2.12. The van der Waals surface area contributed by atoms with Crippen molar-refractivity contribution in [1.29, 1.82) is 0 Å². The summed E-state index contributed by atoms with van der Waals surface area (Å²) in [6, 6.07) is 0.563. The summed E-state index contributed by atoms with van der Waals surface area (Å²) in [5, 5.41) is 13.7. The zero-order valence-electron chi connectivity index (χ0n) is 9.91. The second kappa shape index (κ2) is 5.02. The van der Waals surface area contributed by atoms with Crippen molar-refractivity contribution < 1.29 is 18.1 Å². The Bertz CT molecular complexity index is 485. The average Bonchev–Trinajstić information content (AvgIpc) is 2.80. The van der Waals surface area contributed by atoms with Gasteiger partial charge in [0.05, 0.1) is 10.5 Å². The van der Waals surface area contributed by atoms with Gasteiger partial charge < -0.3 is 5.32 Å². The molecular weight excluding hydrogens is 263 g/mol. The topological polar surface area (TPSA) is 68.1 Å². The van der Waals surface area contributed by atoms with E-state index in [1.54, 1.807) is 0 Å². The molecule has 2 rings (SSSR count). The van der Waals surface area contributed by atoms with E-state index in [4.69, 9.17) is 0 Å². The molecule has 0 radical (unpaired) electrons. The lowest BCUT2D eigenvalue weighted by atomic mass is 10.2. The number of nitrogens with zero attached hydrogens (tertiary/aromatic N) is 2. The lowest BCUT2D eigenvalue weighted by Crippen LogP contribution is -2.17. The van der Waals surface area contributed by atoms with E-state index in [1.165, 1.54) is 0 Å². The fraction of sp³-hybridized carbons (Fsp3) is 0.545. The summed E-state index contributed by atoms with van der Waals surface area (Å²) in [6.07, 6.45) is -0.314. The Labute approximate surface area is 107 Å². The van der Waals surface area contributed by atoms with E-state index in [0.29, 0.717) is 12.3 Å². The SMILES string of the molecule is O=[N+]([O-])c1cc(C(F)(F)F)cnc1NC1CCCC1. The number of rotatable bonds is 3. The molecule has 1 saturated carbocycles. The minimum absolute atomic E-state index is 0.0444. The number of nitro groups is 1. The first-order chi connectivity index (χ1) is 8.88. The van der Waals surface area contributed by atoms with Crippen molar-refractivity contribution in [3.8, 4) is 0 Å². The molecule has 0 aliphatic heterocycles. The van der Waals surface area contributed by atoms with Crippen LogP contribution in [0.1, 0.15) is 31.2 Å². The number of hydrogen-bond donors (Lipinski definition) is 1. The predicted octanol–water partition coefficient (Wildman–Crippen LogP) is 3.36. The van der Waals surface area contributed by atoms with Crippen LogP contribution in [-0.4, -0.2) is 15.9 Å². The molecule has 0 unspecified atom stereocenters. The van der Waals surface area contributed by atoms with Gasteiger partial charge in [0.25, 0.3) is 0 Å². The number of nitrogens with one attached hydrogen (secondary N) is 1. The highest BCUT2D eigenvalue weighted by Crippen LogP contribution is 2.34. The molecule has 0 atom stereocenters. The number of hydrogen-bond acceptors (Lipinski definition) is 4. The molecule has 0 saturated heterocycles. The van der Waals surface area contributed by atoms with Crippen LogP contribution in [0, 0.1) is 10.1 Å². The van der Waals surface area contributed by atoms with Gasteiger partial charge in [0.1, 0.15) is 0 Å². The van der Waals surface area contributed by atoms with Gasteiger partial charge in [-0.1, -0.05) is 12.8 Å². The van der Waals surface area contributed by atoms with Crippen LogP contribution >= 0.6 is 0 Å². The van der Waals surface area contributed by atoms with Gasteiger partial charge in [0, 0.05) is 18.3 Å². The van der Waals surface area contributed by atoms with Crippen LogP contribution in [0.25, 0.3) is 0 Å². The van der Waals surface area contributed by atoms with Crippen LogP contribution in [-0.2, 0) is 6.18 Å². The molecular formula is C11H12F3N3O2. The molecule has 0 aromatic carbocycles. The van der Waals surface area contributed by atoms with Gasteiger partial charge in [-0.3, -0.25) is 10.1 Å². The number of halogens is 3. The molecule has 0 spiro atoms. The third-order valence-corrected chi connectivity index (χ3v) is 3.09. The van der Waals surface area contributed by atoms with E-state index in [1.807, 2.05) is 0 Å². The lowest BCUT2D eigenvalue weighted by molar-refractivity contribution is -0.384. The Balaban J connectivity index is 2.29. The Hall–Kier alpha value is -1.86. The van der Waals surface area contributed by atoms with Crippen molar-refractivity contribution in [3.05, 3.63) is 27.9 Å². The predicted molar refractivity (Wildman–Crippen MR) is 61.8 cm³/mol. The fourth-order valence-electron chi connectivity index (χ4n) is 2.12. The maximum absolute atomic E-state index is 12.5. The van der Waals surface area contributed by atoms with Crippen molar-refractivity contribution in [3.63, 3.8) is 0 Å². The average molecular weight is 275 g/mol. The standard InChI is InChI=1S/C11H12F3N3O2/c12-11(13,14)7-5-9(17(18)19)10(15-6-7)16-8-3-1-2-4-8/h5-6,8H,1-4H2,(H,15,16). The summed E-state index contributed by atoms with van der Waals surface area (Å²) >= 11 is 0. The van der Waals surface area contributed by atoms with Crippen LogP contribution in [0.5, 0.6) is 0 Å². The van der Waals surface area contributed by atoms with Gasteiger partial charge in [-0.2, -0.15) is 13.2 Å². The number of aromatic nitrogens is 1. The number of anilines is 1. The van der Waals surface area contributed by atoms with E-state index in [2.05, 4.69) is 10.3 Å². The maximum Gasteiger partial charge on any atom is 0.418 e. The van der Waals surface area contributed by atoms with E-state index >= 15 is 0 Å². The molecule has 1 aliphatic rings. The molecule has 1 aromatic heterocycles. The molecule has 1 aliphatic carbocycles. The zero-order chi connectivity index (χ0) is 14.0. The first-order valence-electron chi connectivity index (χ1n) is 5.86. The largest absolute Gasteiger partial charge is 0.418 e. The highest BCUT2D eigenvalue weighted by molar-refractivity contribution is 5.57. The van der Waals surface area contributed by atoms with Crippen LogP contribution in [0.15, 0.2) is 12.3 Å². The summed E-state index contributed by atoms with van der Waals surface area (Å²) in [5.74, 6) is -0.0927. The maximum atomic E-state index is 12.5. The molecule has 1 heterocycles. The normalized spacial score (nSPS) is 16.6. The van der Waals surface area contributed by atoms with Gasteiger partial charge in [-0.05, 0) is 12.8 Å². The number of alkyl halides is 3. The number of pyridine rings is 1. The lowest BCUT2D eigenvalue weighted by Gasteiger charge is -2.13. The highest BCUT2D eigenvalue weighted by atomic mass is 19.4. The van der Waals surface area contributed by atoms with Crippen molar-refractivity contribution >= 4 is 11.5 Å². The molecule has 1 aromatic rings. The molecule has 0 bridgehead atoms. The molecule has 1 N–H and O–H groups in total. The third kappa shape index (κ3) is 3.12. The Morgan fingerprint density at radius 2 is 2.00 bits per heavy atom. The van der Waals surface area contributed by atoms with Crippen molar-refractivity contribution in [2.45, 2.75) is 37.9 Å². The molecule has 19 heavy (non-hydrogen) atoms. The van der Waals surface area contributed by atoms with Crippen molar-refractivity contribution in [1.82, 2.24) is 4.98 Å². The van der Waals surface area contributed by atoms with Gasteiger partial charge in [-0.15, -0.1) is 0 Å². The first-order valence-corrected chi connectivity index (χ1v) is 5.86. The third-order valence-electron chi connectivity index (χ3n) is 3.09. The summed E-state index contributed by atoms with van der Waals surface area (Å²) < 4.78 is 37.5. The van der Waals surface area contributed by atoms with Crippen molar-refractivity contribution in [2.75, 3.05) is 5.32 Å². The van der Waals surface area contributed by atoms with Crippen LogP contribution in [0.3, 0.4) is 0 Å². The molecule has 5 nitrogen and oxygen atoms in total. The van der Waals surface area contributed by atoms with Crippen LogP contribution in [0.2, 0.25) is 0 Å². The smallest absolute Gasteiger partial charge is 0.362 e. The summed E-state index contributed by atoms with van der Waals surface area (Å²) in [7, 11) is 0. The first kappa shape index (κ1) is 13.6. The molecule has 104 valence electrons. The van der Waals surface area contributed by atoms with E-state index in [9.17, 15) is 23.3 Å². The Morgan fingerprint density at radius 3 is 2.53 bits per heavy atom. The summed E-state index contributed by atoms with van der Waals surface area (Å²) in [6.45, 7) is 0. The second-order valence-corrected chi connectivity index (χ2v) is 4.47. The van der Waals surface area contributed by atoms with Gasteiger partial charge in [-0.25, -0.2) is 4.98 Å². The minimum atomic E-state index is -4.64. The van der Waals surface area contributed by atoms with Gasteiger partial charge in [0.2, 0.25) is 5.82 Å². The Morgan fingerprint density at radius 1 is 1.37 bits per heavy atom.